The van der Waals surface area contributed by atoms with Crippen LogP contribution >= 0.6 is 15.9 Å². The second-order valence-corrected chi connectivity index (χ2v) is 4.22. The highest BCUT2D eigenvalue weighted by atomic mass is 79.9. The first kappa shape index (κ1) is 12.3. The van der Waals surface area contributed by atoms with E-state index in [2.05, 4.69) is 36.8 Å². The number of carbonyl (C=O) groups is 1. The molecule has 0 saturated heterocycles. The molecule has 3 N–H and O–H groups in total. The fourth-order valence-electron chi connectivity index (χ4n) is 1.25. The molecule has 0 fully saturated rings. The minimum atomic E-state index is -0.443. The van der Waals surface area contributed by atoms with Crippen LogP contribution in [0.5, 0.6) is 0 Å². The van der Waals surface area contributed by atoms with Crippen LogP contribution in [0.15, 0.2) is 45.7 Å². The van der Waals surface area contributed by atoms with Gasteiger partial charge in [-0.15, -0.1) is 0 Å². The summed E-state index contributed by atoms with van der Waals surface area (Å²) in [4.78, 5) is 22.4. The Hall–Kier alpha value is -2.15. The van der Waals surface area contributed by atoms with Gasteiger partial charge >= 0.3 is 6.03 Å². The van der Waals surface area contributed by atoms with Gasteiger partial charge in [-0.1, -0.05) is 12.1 Å². The van der Waals surface area contributed by atoms with E-state index in [1.807, 2.05) is 12.1 Å². The van der Waals surface area contributed by atoms with Crippen molar-refractivity contribution in [3.05, 3.63) is 51.2 Å². The Bertz CT molecular complexity index is 606. The number of benzene rings is 1. The third-order valence-electron chi connectivity index (χ3n) is 2.04. The quantitative estimate of drug-likeness (QED) is 0.794. The van der Waals surface area contributed by atoms with Gasteiger partial charge in [0.1, 0.15) is 0 Å². The van der Waals surface area contributed by atoms with Gasteiger partial charge in [-0.2, -0.15) is 5.10 Å². The first-order chi connectivity index (χ1) is 8.65. The number of nitrogens with one attached hydrogen (secondary N) is 3. The Kier molecular flexibility index (Phi) is 3.73. The second-order valence-electron chi connectivity index (χ2n) is 3.37. The number of aromatic amines is 1. The molecule has 0 aliphatic carbocycles. The van der Waals surface area contributed by atoms with Crippen LogP contribution in [0.4, 0.5) is 16.3 Å². The summed E-state index contributed by atoms with van der Waals surface area (Å²) in [6.07, 6.45) is 0. The normalized spacial score (nSPS) is 9.83. The molecule has 7 heteroatoms. The van der Waals surface area contributed by atoms with Crippen molar-refractivity contribution in [3.8, 4) is 0 Å². The zero-order chi connectivity index (χ0) is 13.0. The van der Waals surface area contributed by atoms with Crippen LogP contribution in [-0.2, 0) is 0 Å². The maximum absolute atomic E-state index is 11.6. The first-order valence-corrected chi connectivity index (χ1v) is 5.83. The Balaban J connectivity index is 2.03. The highest BCUT2D eigenvalue weighted by molar-refractivity contribution is 9.10. The van der Waals surface area contributed by atoms with E-state index in [0.29, 0.717) is 5.69 Å². The maximum atomic E-state index is 11.6. The molecule has 2 aromatic rings. The van der Waals surface area contributed by atoms with E-state index < -0.39 is 6.03 Å². The summed E-state index contributed by atoms with van der Waals surface area (Å²) in [7, 11) is 0. The zero-order valence-corrected chi connectivity index (χ0v) is 10.7. The molecule has 2 amide bonds. The lowest BCUT2D eigenvalue weighted by Gasteiger charge is -2.07. The number of amides is 2. The number of nitrogens with zero attached hydrogens (tertiary/aromatic N) is 1. The van der Waals surface area contributed by atoms with Crippen molar-refractivity contribution in [2.45, 2.75) is 0 Å². The van der Waals surface area contributed by atoms with E-state index in [1.54, 1.807) is 12.1 Å². The van der Waals surface area contributed by atoms with Gasteiger partial charge in [-0.05, 0) is 34.1 Å². The zero-order valence-electron chi connectivity index (χ0n) is 9.11. The molecule has 1 aromatic carbocycles. The predicted molar refractivity (Wildman–Crippen MR) is 71.6 cm³/mol. The molecule has 92 valence electrons. The van der Waals surface area contributed by atoms with Crippen LogP contribution in [0.1, 0.15) is 0 Å². The lowest BCUT2D eigenvalue weighted by atomic mass is 10.3. The van der Waals surface area contributed by atoms with E-state index in [1.165, 1.54) is 12.1 Å². The van der Waals surface area contributed by atoms with Gasteiger partial charge in [0.05, 0.1) is 5.69 Å². The molecule has 0 spiro atoms. The fourth-order valence-corrected chi connectivity index (χ4v) is 1.63. The second kappa shape index (κ2) is 5.46. The van der Waals surface area contributed by atoms with Crippen molar-refractivity contribution in [2.24, 2.45) is 0 Å². The van der Waals surface area contributed by atoms with Gasteiger partial charge in [0.15, 0.2) is 5.82 Å². The molecule has 0 atom stereocenters. The molecule has 0 aliphatic heterocycles. The van der Waals surface area contributed by atoms with E-state index in [9.17, 15) is 9.59 Å². The topological polar surface area (TPSA) is 86.9 Å². The van der Waals surface area contributed by atoms with Crippen molar-refractivity contribution in [1.82, 2.24) is 10.2 Å². The van der Waals surface area contributed by atoms with Gasteiger partial charge in [0, 0.05) is 10.5 Å². The SMILES string of the molecule is O=C(Nc1ccc(=O)[nH]n1)Nc1ccccc1Br. The van der Waals surface area contributed by atoms with Gasteiger partial charge in [0.25, 0.3) is 5.56 Å². The minimum Gasteiger partial charge on any atom is -0.307 e. The van der Waals surface area contributed by atoms with Crippen LogP contribution in [0, 0.1) is 0 Å². The largest absolute Gasteiger partial charge is 0.324 e. The van der Waals surface area contributed by atoms with Gasteiger partial charge < -0.3 is 5.32 Å². The molecule has 2 rings (SSSR count). The van der Waals surface area contributed by atoms with E-state index in [0.717, 1.165) is 4.47 Å². The summed E-state index contributed by atoms with van der Waals surface area (Å²) in [6.45, 7) is 0. The van der Waals surface area contributed by atoms with E-state index in [-0.39, 0.29) is 11.4 Å². The molecule has 0 saturated carbocycles. The summed E-state index contributed by atoms with van der Waals surface area (Å²) < 4.78 is 0.773. The van der Waals surface area contributed by atoms with E-state index >= 15 is 0 Å². The van der Waals surface area contributed by atoms with Crippen LogP contribution in [0.2, 0.25) is 0 Å². The Morgan fingerprint density at radius 3 is 2.61 bits per heavy atom. The first-order valence-electron chi connectivity index (χ1n) is 5.03. The molecular formula is C11H9BrN4O2. The molecule has 1 heterocycles. The van der Waals surface area contributed by atoms with Crippen molar-refractivity contribution < 1.29 is 4.79 Å². The third kappa shape index (κ3) is 3.17. The molecule has 0 radical (unpaired) electrons. The van der Waals surface area contributed by atoms with E-state index in [4.69, 9.17) is 0 Å². The number of hydrogen-bond acceptors (Lipinski definition) is 3. The standard InChI is InChI=1S/C11H9BrN4O2/c12-7-3-1-2-4-8(7)13-11(18)14-9-5-6-10(17)16-15-9/h1-6H,(H,16,17)(H2,13,14,15,18). The highest BCUT2D eigenvalue weighted by Gasteiger charge is 2.05. The number of anilines is 2. The highest BCUT2D eigenvalue weighted by Crippen LogP contribution is 2.21. The van der Waals surface area contributed by atoms with Crippen molar-refractivity contribution in [3.63, 3.8) is 0 Å². The van der Waals surface area contributed by atoms with Gasteiger partial charge in [-0.25, -0.2) is 9.89 Å². The summed E-state index contributed by atoms with van der Waals surface area (Å²) in [5, 5.41) is 11.0. The Morgan fingerprint density at radius 2 is 1.94 bits per heavy atom. The maximum Gasteiger partial charge on any atom is 0.324 e. The molecule has 6 nitrogen and oxygen atoms in total. The average molecular weight is 309 g/mol. The lowest BCUT2D eigenvalue weighted by Crippen LogP contribution is -2.21. The van der Waals surface area contributed by atoms with Crippen molar-refractivity contribution in [2.75, 3.05) is 10.6 Å². The average Bonchev–Trinajstić information content (AvgIpc) is 2.35. The summed E-state index contributed by atoms with van der Waals surface area (Å²) >= 11 is 3.31. The number of rotatable bonds is 2. The minimum absolute atomic E-state index is 0.263. The Labute approximate surface area is 111 Å². The van der Waals surface area contributed by atoms with Crippen LogP contribution in [0.25, 0.3) is 0 Å². The monoisotopic (exact) mass is 308 g/mol. The van der Waals surface area contributed by atoms with Crippen molar-refractivity contribution >= 4 is 33.5 Å². The summed E-state index contributed by atoms with van der Waals surface area (Å²) in [6, 6.07) is 9.47. The predicted octanol–water partition coefficient (Wildman–Crippen LogP) is 2.18. The Morgan fingerprint density at radius 1 is 1.17 bits per heavy atom. The lowest BCUT2D eigenvalue weighted by molar-refractivity contribution is 0.262. The molecule has 1 aromatic heterocycles. The van der Waals surface area contributed by atoms with Crippen LogP contribution < -0.4 is 16.2 Å². The van der Waals surface area contributed by atoms with Crippen LogP contribution in [0.3, 0.4) is 0 Å². The number of aromatic nitrogens is 2. The number of hydrogen-bond donors (Lipinski definition) is 3. The van der Waals surface area contributed by atoms with Gasteiger partial charge in [0.2, 0.25) is 0 Å². The molecular weight excluding hydrogens is 300 g/mol. The number of halogens is 1. The third-order valence-corrected chi connectivity index (χ3v) is 2.73. The number of carbonyl (C=O) groups excluding carboxylic acids is 1. The molecule has 18 heavy (non-hydrogen) atoms. The van der Waals surface area contributed by atoms with Crippen LogP contribution in [-0.4, -0.2) is 16.2 Å². The molecule has 0 unspecified atom stereocenters. The number of para-hydroxylation sites is 1. The fraction of sp³-hybridized carbons (Fsp3) is 0. The number of urea groups is 1. The number of H-pyrrole nitrogens is 1. The van der Waals surface area contributed by atoms with Crippen molar-refractivity contribution in [1.29, 1.82) is 0 Å². The molecule has 0 bridgehead atoms. The summed E-state index contributed by atoms with van der Waals surface area (Å²) in [5.41, 5.74) is 0.311. The smallest absolute Gasteiger partial charge is 0.307 e. The molecule has 0 aliphatic rings. The summed E-state index contributed by atoms with van der Waals surface area (Å²) in [5.74, 6) is 0.263. The van der Waals surface area contributed by atoms with Gasteiger partial charge in [-0.3, -0.25) is 10.1 Å².